The molecule has 3 aliphatic heterocycles. The van der Waals surface area contributed by atoms with Gasteiger partial charge in [0.1, 0.15) is 59.8 Å². The maximum Gasteiger partial charge on any atom is 0.339 e. The average Bonchev–Trinajstić information content (AvgIpc) is 3.36. The second-order valence-electron chi connectivity index (χ2n) is 15.5. The highest BCUT2D eigenvalue weighted by Gasteiger charge is 2.23. The predicted molar refractivity (Wildman–Crippen MR) is 257 cm³/mol. The number of carboxylic acids is 3. The molecule has 0 aliphatic carbocycles. The van der Waals surface area contributed by atoms with Crippen LogP contribution in [0.1, 0.15) is 36.8 Å². The number of nitrogens with one attached hydrogen (secondary N) is 3. The van der Waals surface area contributed by atoms with E-state index < -0.39 is 23.7 Å². The predicted octanol–water partition coefficient (Wildman–Crippen LogP) is 6.11. The molecule has 3 aliphatic rings. The lowest BCUT2D eigenvalue weighted by Gasteiger charge is -2.27. The summed E-state index contributed by atoms with van der Waals surface area (Å²) >= 11 is 0. The first-order valence-corrected chi connectivity index (χ1v) is 21.8. The molecule has 6 heterocycles. The van der Waals surface area contributed by atoms with E-state index in [2.05, 4.69) is 30.9 Å². The number of benzene rings is 3. The van der Waals surface area contributed by atoms with Gasteiger partial charge in [0.05, 0.1) is 26.0 Å². The summed E-state index contributed by atoms with van der Waals surface area (Å²) in [6.07, 6.45) is 2.46. The average molecular weight is 972 g/mol. The fourth-order valence-corrected chi connectivity index (χ4v) is 7.16. The molecule has 6 aromatic rings. The highest BCUT2D eigenvalue weighted by atomic mass is 19.1. The number of halogens is 1. The zero-order valence-electron chi connectivity index (χ0n) is 37.9. The third-order valence-corrected chi connectivity index (χ3v) is 10.7. The maximum atomic E-state index is 13.1. The molecular weight excluding hydrogens is 926 g/mol. The number of aromatic carboxylic acids is 3. The lowest BCUT2D eigenvalue weighted by molar-refractivity contribution is -0.126. The molecule has 0 spiro atoms. The van der Waals surface area contributed by atoms with Crippen LogP contribution in [0.3, 0.4) is 0 Å². The number of rotatable bonds is 12. The van der Waals surface area contributed by atoms with Gasteiger partial charge in [0.25, 0.3) is 17.7 Å². The van der Waals surface area contributed by atoms with E-state index in [4.69, 9.17) is 24.4 Å². The summed E-state index contributed by atoms with van der Waals surface area (Å²) in [5, 5.41) is 36.3. The van der Waals surface area contributed by atoms with Crippen LogP contribution in [0.15, 0.2) is 116 Å². The largest absolute Gasteiger partial charge is 0.478 e. The van der Waals surface area contributed by atoms with E-state index in [0.29, 0.717) is 56.5 Å². The van der Waals surface area contributed by atoms with Crippen molar-refractivity contribution in [2.45, 2.75) is 6.92 Å². The third-order valence-electron chi connectivity index (χ3n) is 10.7. The summed E-state index contributed by atoms with van der Waals surface area (Å²) in [6, 6.07) is 28.3. The topological polar surface area (TPSA) is 275 Å². The molecule has 0 unspecified atom stereocenters. The molecular formula is C49H46FN9O12. The number of hydrogen-bond acceptors (Lipinski definition) is 15. The van der Waals surface area contributed by atoms with Crippen molar-refractivity contribution in [2.75, 3.05) is 89.9 Å². The van der Waals surface area contributed by atoms with Crippen molar-refractivity contribution in [1.82, 2.24) is 15.0 Å². The number of carbonyl (C=O) groups is 6. The van der Waals surface area contributed by atoms with Crippen molar-refractivity contribution in [3.05, 3.63) is 144 Å². The van der Waals surface area contributed by atoms with Gasteiger partial charge in [-0.2, -0.15) is 0 Å². The number of carbonyl (C=O) groups excluding carboxylic acids is 3. The number of nitrogens with zero attached hydrogens (tertiary/aromatic N) is 6. The minimum Gasteiger partial charge on any atom is -0.478 e. The van der Waals surface area contributed by atoms with Crippen LogP contribution >= 0.6 is 0 Å². The fourth-order valence-electron chi connectivity index (χ4n) is 7.16. The number of aryl methyl sites for hydroxylation is 1. The van der Waals surface area contributed by atoms with E-state index in [1.807, 2.05) is 12.1 Å². The number of anilines is 9. The molecule has 366 valence electrons. The van der Waals surface area contributed by atoms with Crippen LogP contribution in [0.2, 0.25) is 0 Å². The van der Waals surface area contributed by atoms with Crippen LogP contribution in [-0.2, 0) is 28.6 Å². The Morgan fingerprint density at radius 3 is 1.34 bits per heavy atom. The first-order valence-electron chi connectivity index (χ1n) is 21.8. The molecule has 3 fully saturated rings. The van der Waals surface area contributed by atoms with Crippen LogP contribution in [0.5, 0.6) is 0 Å². The quantitative estimate of drug-likeness (QED) is 0.0807. The van der Waals surface area contributed by atoms with Crippen molar-refractivity contribution < 1.29 is 62.7 Å². The Bertz CT molecular complexity index is 2910. The zero-order valence-corrected chi connectivity index (χ0v) is 37.9. The number of pyridine rings is 3. The van der Waals surface area contributed by atoms with Gasteiger partial charge in [0, 0.05) is 65.6 Å². The Morgan fingerprint density at radius 1 is 0.535 bits per heavy atom. The van der Waals surface area contributed by atoms with Crippen molar-refractivity contribution in [1.29, 1.82) is 0 Å². The summed E-state index contributed by atoms with van der Waals surface area (Å²) < 4.78 is 28.4. The molecule has 3 saturated heterocycles. The molecule has 9 rings (SSSR count). The Morgan fingerprint density at radius 2 is 0.930 bits per heavy atom. The number of morpholine rings is 3. The van der Waals surface area contributed by atoms with Crippen molar-refractivity contribution in [3.8, 4) is 0 Å². The number of amides is 3. The van der Waals surface area contributed by atoms with Crippen molar-refractivity contribution in [2.24, 2.45) is 0 Å². The first-order chi connectivity index (χ1) is 34.2. The Kier molecular flexibility index (Phi) is 16.5. The summed E-state index contributed by atoms with van der Waals surface area (Å²) in [5.74, 6) is -3.75. The molecule has 21 nitrogen and oxygen atoms in total. The first kappa shape index (κ1) is 50.0. The lowest BCUT2D eigenvalue weighted by Crippen LogP contribution is -2.41. The second-order valence-corrected chi connectivity index (χ2v) is 15.5. The number of ether oxygens (including phenoxy) is 3. The molecule has 6 N–H and O–H groups in total. The van der Waals surface area contributed by atoms with Crippen molar-refractivity contribution >= 4 is 87.2 Å². The second kappa shape index (κ2) is 23.4. The summed E-state index contributed by atoms with van der Waals surface area (Å²) in [4.78, 5) is 86.1. The monoisotopic (exact) mass is 971 g/mol. The summed E-state index contributed by atoms with van der Waals surface area (Å²) in [5.41, 5.74) is 4.90. The molecule has 0 radical (unpaired) electrons. The fraction of sp³-hybridized carbons (Fsp3) is 0.204. The van der Waals surface area contributed by atoms with Gasteiger partial charge in [-0.25, -0.2) is 33.7 Å². The van der Waals surface area contributed by atoms with Crippen LogP contribution in [0.25, 0.3) is 0 Å². The van der Waals surface area contributed by atoms with Gasteiger partial charge < -0.3 is 60.2 Å². The highest BCUT2D eigenvalue weighted by molar-refractivity contribution is 5.98. The molecule has 3 aromatic heterocycles. The SMILES string of the molecule is Cc1ccc(C(=O)O)c(Nc2ccc(N3CCOCC3=O)cc2)n1.O=C(O)c1cc(F)cnc1Nc1ccc(N2CCOCC2=O)cc1.O=C(O)c1cccnc1Nc1ccc(N2CCOCC2=O)cc1. The van der Waals surface area contributed by atoms with E-state index in [1.165, 1.54) is 18.3 Å². The van der Waals surface area contributed by atoms with Crippen molar-refractivity contribution in [3.63, 3.8) is 0 Å². The molecule has 22 heteroatoms. The maximum absolute atomic E-state index is 13.1. The van der Waals surface area contributed by atoms with Gasteiger partial charge in [-0.1, -0.05) is 0 Å². The number of carboxylic acid groups (broad SMARTS) is 3. The number of aromatic nitrogens is 3. The van der Waals surface area contributed by atoms with E-state index in [1.54, 1.807) is 94.4 Å². The summed E-state index contributed by atoms with van der Waals surface area (Å²) in [6.45, 7) is 5.07. The summed E-state index contributed by atoms with van der Waals surface area (Å²) in [7, 11) is 0. The molecule has 0 atom stereocenters. The van der Waals surface area contributed by atoms with Crippen LogP contribution in [0, 0.1) is 12.7 Å². The molecule has 71 heavy (non-hydrogen) atoms. The van der Waals surface area contributed by atoms with Gasteiger partial charge in [0.2, 0.25) is 0 Å². The number of hydrogen-bond donors (Lipinski definition) is 6. The van der Waals surface area contributed by atoms with Gasteiger partial charge in [-0.3, -0.25) is 14.4 Å². The standard InChI is InChI=1S/C17H17N3O4.C16H14FN3O4.C16H15N3O4/c1-11-2-7-14(17(22)23)16(18-11)19-12-3-5-13(6-4-12)20-8-9-24-10-15(20)21;17-10-7-13(16(22)23)15(18-8-10)19-11-1-3-12(4-2-11)20-5-6-24-9-14(20)21;20-14-10-23-9-8-19(14)12-5-3-11(4-6-12)18-15-13(16(21)22)2-1-7-17-15/h2-7H,8-10H2,1H3,(H,18,19)(H,22,23);1-4,7-8H,5-6,9H2,(H,18,19)(H,22,23);1-7H,8-10H2,(H,17,18)(H,21,22). The Hall–Kier alpha value is -8.86. The van der Waals surface area contributed by atoms with Gasteiger partial charge in [0.15, 0.2) is 0 Å². The Balaban J connectivity index is 0.000000157. The Labute approximate surface area is 404 Å². The van der Waals surface area contributed by atoms with Gasteiger partial charge in [-0.05, 0) is 110 Å². The molecule has 0 bridgehead atoms. The molecule has 3 amide bonds. The van der Waals surface area contributed by atoms with Gasteiger partial charge in [-0.15, -0.1) is 0 Å². The normalized spacial score (nSPS) is 14.6. The van der Waals surface area contributed by atoms with Crippen LogP contribution in [0.4, 0.5) is 56.0 Å². The molecule has 3 aromatic carbocycles. The van der Waals surface area contributed by atoms with Gasteiger partial charge >= 0.3 is 17.9 Å². The van der Waals surface area contributed by atoms with E-state index in [0.717, 1.165) is 35.0 Å². The molecule has 0 saturated carbocycles. The van der Waals surface area contributed by atoms with E-state index >= 15 is 0 Å². The third kappa shape index (κ3) is 13.2. The van der Waals surface area contributed by atoms with E-state index in [9.17, 15) is 38.3 Å². The zero-order chi connectivity index (χ0) is 50.4. The lowest BCUT2D eigenvalue weighted by atomic mass is 10.2. The highest BCUT2D eigenvalue weighted by Crippen LogP contribution is 2.27. The smallest absolute Gasteiger partial charge is 0.339 e. The minimum atomic E-state index is -1.28. The van der Waals surface area contributed by atoms with Crippen LogP contribution in [-0.4, -0.2) is 125 Å². The van der Waals surface area contributed by atoms with Crippen LogP contribution < -0.4 is 30.7 Å². The minimum absolute atomic E-state index is 0.0408. The van der Waals surface area contributed by atoms with E-state index in [-0.39, 0.29) is 71.7 Å².